The molecule has 0 saturated carbocycles. The van der Waals surface area contributed by atoms with E-state index >= 15 is 0 Å². The van der Waals surface area contributed by atoms with Crippen LogP contribution in [0.25, 0.3) is 0 Å². The zero-order valence-electron chi connectivity index (χ0n) is 10.3. The van der Waals surface area contributed by atoms with Gasteiger partial charge in [-0.05, 0) is 37.4 Å². The molecule has 18 heavy (non-hydrogen) atoms. The van der Waals surface area contributed by atoms with E-state index in [0.717, 1.165) is 23.3 Å². The van der Waals surface area contributed by atoms with Gasteiger partial charge in [0, 0.05) is 23.1 Å². The molecule has 96 valence electrons. The van der Waals surface area contributed by atoms with Gasteiger partial charge in [-0.2, -0.15) is 0 Å². The van der Waals surface area contributed by atoms with Crippen LogP contribution in [0.1, 0.15) is 5.56 Å². The van der Waals surface area contributed by atoms with E-state index in [0.29, 0.717) is 6.61 Å². The first-order valence-corrected chi connectivity index (χ1v) is 6.61. The van der Waals surface area contributed by atoms with Crippen molar-refractivity contribution < 1.29 is 9.15 Å². The monoisotopic (exact) mass is 309 g/mol. The number of hydrogen-bond acceptors (Lipinski definition) is 3. The maximum Gasteiger partial charge on any atom is 0.119 e. The van der Waals surface area contributed by atoms with Crippen molar-refractivity contribution in [2.45, 2.75) is 6.54 Å². The Kier molecular flexibility index (Phi) is 4.84. The summed E-state index contributed by atoms with van der Waals surface area (Å²) in [6.07, 6.45) is 3.47. The summed E-state index contributed by atoms with van der Waals surface area (Å²) in [4.78, 5) is 2.20. The van der Waals surface area contributed by atoms with Crippen molar-refractivity contribution in [3.63, 3.8) is 0 Å². The molecular formula is C14H16BrNO2. The van der Waals surface area contributed by atoms with Gasteiger partial charge < -0.3 is 9.15 Å². The summed E-state index contributed by atoms with van der Waals surface area (Å²) in [5.41, 5.74) is 1.18. The Labute approximate surface area is 115 Å². The van der Waals surface area contributed by atoms with Gasteiger partial charge >= 0.3 is 0 Å². The van der Waals surface area contributed by atoms with Crippen LogP contribution in [0.3, 0.4) is 0 Å². The van der Waals surface area contributed by atoms with Crippen LogP contribution in [0.15, 0.2) is 51.7 Å². The zero-order valence-corrected chi connectivity index (χ0v) is 11.9. The zero-order chi connectivity index (χ0) is 12.8. The van der Waals surface area contributed by atoms with Crippen LogP contribution in [0.4, 0.5) is 0 Å². The molecule has 0 saturated heterocycles. The standard InChI is InChI=1S/C14H16BrNO2/c1-16(10-12-6-8-17-11-12)7-9-18-14-4-2-13(15)3-5-14/h2-6,8,11H,7,9-10H2,1H3. The normalized spacial score (nSPS) is 10.8. The second-order valence-corrected chi connectivity index (χ2v) is 5.09. The Bertz CT molecular complexity index is 453. The first-order chi connectivity index (χ1) is 8.74. The van der Waals surface area contributed by atoms with Crippen molar-refractivity contribution in [3.05, 3.63) is 52.9 Å². The highest BCUT2D eigenvalue weighted by Crippen LogP contribution is 2.16. The average Bonchev–Trinajstić information content (AvgIpc) is 2.84. The Morgan fingerprint density at radius 3 is 2.67 bits per heavy atom. The molecule has 2 aromatic rings. The molecule has 3 nitrogen and oxygen atoms in total. The number of nitrogens with zero attached hydrogens (tertiary/aromatic N) is 1. The van der Waals surface area contributed by atoms with E-state index in [1.807, 2.05) is 30.3 Å². The number of benzene rings is 1. The molecule has 0 amide bonds. The molecule has 0 unspecified atom stereocenters. The summed E-state index contributed by atoms with van der Waals surface area (Å²) in [5, 5.41) is 0. The maximum absolute atomic E-state index is 5.66. The van der Waals surface area contributed by atoms with E-state index in [1.54, 1.807) is 12.5 Å². The molecule has 0 radical (unpaired) electrons. The molecule has 2 rings (SSSR count). The average molecular weight is 310 g/mol. The van der Waals surface area contributed by atoms with Crippen molar-refractivity contribution in [2.75, 3.05) is 20.2 Å². The van der Waals surface area contributed by atoms with Gasteiger partial charge in [0.05, 0.1) is 12.5 Å². The van der Waals surface area contributed by atoms with E-state index in [4.69, 9.17) is 9.15 Å². The molecule has 0 atom stereocenters. The number of hydrogen-bond donors (Lipinski definition) is 0. The van der Waals surface area contributed by atoms with Crippen molar-refractivity contribution in [1.82, 2.24) is 4.90 Å². The number of furan rings is 1. The molecule has 0 bridgehead atoms. The molecule has 0 aliphatic heterocycles. The fraction of sp³-hybridized carbons (Fsp3) is 0.286. The van der Waals surface area contributed by atoms with E-state index in [9.17, 15) is 0 Å². The van der Waals surface area contributed by atoms with E-state index < -0.39 is 0 Å². The third-order valence-electron chi connectivity index (χ3n) is 2.59. The van der Waals surface area contributed by atoms with E-state index in [-0.39, 0.29) is 0 Å². The minimum Gasteiger partial charge on any atom is -0.492 e. The summed E-state index contributed by atoms with van der Waals surface area (Å²) in [5.74, 6) is 0.898. The Morgan fingerprint density at radius 1 is 1.22 bits per heavy atom. The number of ether oxygens (including phenoxy) is 1. The highest BCUT2D eigenvalue weighted by atomic mass is 79.9. The molecule has 1 heterocycles. The number of halogens is 1. The van der Waals surface area contributed by atoms with Crippen molar-refractivity contribution in [2.24, 2.45) is 0 Å². The van der Waals surface area contributed by atoms with Crippen LogP contribution in [-0.2, 0) is 6.54 Å². The molecule has 1 aromatic carbocycles. The predicted octanol–water partition coefficient (Wildman–Crippen LogP) is 3.55. The minimum atomic E-state index is 0.677. The largest absolute Gasteiger partial charge is 0.492 e. The Hall–Kier alpha value is -1.26. The highest BCUT2D eigenvalue weighted by molar-refractivity contribution is 9.10. The molecule has 0 aliphatic rings. The smallest absolute Gasteiger partial charge is 0.119 e. The summed E-state index contributed by atoms with van der Waals surface area (Å²) in [6, 6.07) is 9.85. The number of rotatable bonds is 6. The first kappa shape index (κ1) is 13.2. The summed E-state index contributed by atoms with van der Waals surface area (Å²) < 4.78 is 11.8. The van der Waals surface area contributed by atoms with Crippen molar-refractivity contribution in [3.8, 4) is 5.75 Å². The van der Waals surface area contributed by atoms with Crippen LogP contribution in [0.5, 0.6) is 5.75 Å². The van der Waals surface area contributed by atoms with E-state index in [1.165, 1.54) is 5.56 Å². The molecular weight excluding hydrogens is 294 g/mol. The van der Waals surface area contributed by atoms with Gasteiger partial charge in [-0.1, -0.05) is 15.9 Å². The first-order valence-electron chi connectivity index (χ1n) is 5.82. The molecule has 1 aromatic heterocycles. The molecule has 0 spiro atoms. The maximum atomic E-state index is 5.66. The van der Waals surface area contributed by atoms with Gasteiger partial charge in [-0.3, -0.25) is 4.90 Å². The minimum absolute atomic E-state index is 0.677. The van der Waals surface area contributed by atoms with Gasteiger partial charge in [-0.25, -0.2) is 0 Å². The SMILES string of the molecule is CN(CCOc1ccc(Br)cc1)Cc1ccoc1. The van der Waals surface area contributed by atoms with Crippen LogP contribution in [-0.4, -0.2) is 25.1 Å². The van der Waals surface area contributed by atoms with Crippen LogP contribution in [0.2, 0.25) is 0 Å². The summed E-state index contributed by atoms with van der Waals surface area (Å²) in [6.45, 7) is 2.43. The van der Waals surface area contributed by atoms with Crippen molar-refractivity contribution >= 4 is 15.9 Å². The molecule has 0 fully saturated rings. The Morgan fingerprint density at radius 2 is 2.00 bits per heavy atom. The summed E-state index contributed by atoms with van der Waals surface area (Å²) >= 11 is 3.40. The Balaban J connectivity index is 1.70. The second kappa shape index (κ2) is 6.61. The van der Waals surface area contributed by atoms with Gasteiger partial charge in [0.1, 0.15) is 12.4 Å². The van der Waals surface area contributed by atoms with Gasteiger partial charge in [0.2, 0.25) is 0 Å². The van der Waals surface area contributed by atoms with Crippen LogP contribution >= 0.6 is 15.9 Å². The fourth-order valence-corrected chi connectivity index (χ4v) is 1.89. The van der Waals surface area contributed by atoms with Gasteiger partial charge in [-0.15, -0.1) is 0 Å². The topological polar surface area (TPSA) is 25.6 Å². The lowest BCUT2D eigenvalue weighted by atomic mass is 10.3. The van der Waals surface area contributed by atoms with Gasteiger partial charge in [0.15, 0.2) is 0 Å². The van der Waals surface area contributed by atoms with Crippen molar-refractivity contribution in [1.29, 1.82) is 0 Å². The third kappa shape index (κ3) is 4.20. The lowest BCUT2D eigenvalue weighted by molar-refractivity contribution is 0.232. The third-order valence-corrected chi connectivity index (χ3v) is 3.12. The lowest BCUT2D eigenvalue weighted by Crippen LogP contribution is -2.23. The van der Waals surface area contributed by atoms with E-state index in [2.05, 4.69) is 27.9 Å². The fourth-order valence-electron chi connectivity index (χ4n) is 1.62. The van der Waals surface area contributed by atoms with Crippen LogP contribution < -0.4 is 4.74 Å². The lowest BCUT2D eigenvalue weighted by Gasteiger charge is -2.15. The van der Waals surface area contributed by atoms with Gasteiger partial charge in [0.25, 0.3) is 0 Å². The predicted molar refractivity (Wildman–Crippen MR) is 74.7 cm³/mol. The molecule has 0 aliphatic carbocycles. The van der Waals surface area contributed by atoms with Crippen LogP contribution in [0, 0.1) is 0 Å². The number of likely N-dealkylation sites (N-methyl/N-ethyl adjacent to an activating group) is 1. The second-order valence-electron chi connectivity index (χ2n) is 4.17. The highest BCUT2D eigenvalue weighted by Gasteiger charge is 2.02. The molecule has 0 N–H and O–H groups in total. The quantitative estimate of drug-likeness (QED) is 0.816. The molecule has 4 heteroatoms. The summed E-state index contributed by atoms with van der Waals surface area (Å²) in [7, 11) is 2.07.